The Balaban J connectivity index is 1.82. The van der Waals surface area contributed by atoms with E-state index in [2.05, 4.69) is 34.5 Å². The summed E-state index contributed by atoms with van der Waals surface area (Å²) in [4.78, 5) is 12.3. The highest BCUT2D eigenvalue weighted by atomic mass is 16.1. The van der Waals surface area contributed by atoms with E-state index in [9.17, 15) is 4.79 Å². The van der Waals surface area contributed by atoms with Crippen LogP contribution >= 0.6 is 0 Å². The van der Waals surface area contributed by atoms with Gasteiger partial charge in [-0.15, -0.1) is 0 Å². The Morgan fingerprint density at radius 1 is 1.17 bits per heavy atom. The zero-order chi connectivity index (χ0) is 16.7. The summed E-state index contributed by atoms with van der Waals surface area (Å²) in [6, 6.07) is 10.2. The average molecular weight is 321 g/mol. The van der Waals surface area contributed by atoms with Crippen LogP contribution < -0.4 is 5.32 Å². The third kappa shape index (κ3) is 2.31. The molecule has 0 spiro atoms. The van der Waals surface area contributed by atoms with Crippen LogP contribution in [0.4, 0.5) is 5.82 Å². The SMILES string of the molecule is CC(C)n1ncc2c1NC(=O)C[C@H]2c1cn[nH]c1-c1ccccc1. The maximum atomic E-state index is 12.3. The molecule has 1 amide bonds. The third-order valence-corrected chi connectivity index (χ3v) is 4.44. The van der Waals surface area contributed by atoms with Gasteiger partial charge in [-0.2, -0.15) is 10.2 Å². The van der Waals surface area contributed by atoms with Gasteiger partial charge in [0.25, 0.3) is 0 Å². The van der Waals surface area contributed by atoms with Gasteiger partial charge in [0.15, 0.2) is 0 Å². The summed E-state index contributed by atoms with van der Waals surface area (Å²) in [5, 5.41) is 14.8. The van der Waals surface area contributed by atoms with Gasteiger partial charge in [0.1, 0.15) is 5.82 Å². The molecule has 3 aromatic rings. The van der Waals surface area contributed by atoms with Crippen LogP contribution in [0.2, 0.25) is 0 Å². The molecular weight excluding hydrogens is 302 g/mol. The molecule has 0 unspecified atom stereocenters. The Morgan fingerprint density at radius 2 is 1.96 bits per heavy atom. The van der Waals surface area contributed by atoms with E-state index >= 15 is 0 Å². The van der Waals surface area contributed by atoms with E-state index < -0.39 is 0 Å². The molecule has 2 aromatic heterocycles. The van der Waals surface area contributed by atoms with Gasteiger partial charge < -0.3 is 5.32 Å². The zero-order valence-corrected chi connectivity index (χ0v) is 13.7. The number of H-pyrrole nitrogens is 1. The lowest BCUT2D eigenvalue weighted by atomic mass is 9.86. The zero-order valence-electron chi connectivity index (χ0n) is 13.7. The van der Waals surface area contributed by atoms with Gasteiger partial charge in [-0.3, -0.25) is 9.89 Å². The van der Waals surface area contributed by atoms with E-state index in [4.69, 9.17) is 0 Å². The number of nitrogens with one attached hydrogen (secondary N) is 2. The number of aromatic nitrogens is 4. The summed E-state index contributed by atoms with van der Waals surface area (Å²) < 4.78 is 1.86. The van der Waals surface area contributed by atoms with Gasteiger partial charge >= 0.3 is 0 Å². The van der Waals surface area contributed by atoms with Crippen molar-refractivity contribution in [2.75, 3.05) is 5.32 Å². The molecule has 6 heteroatoms. The van der Waals surface area contributed by atoms with E-state index in [0.717, 1.165) is 28.2 Å². The van der Waals surface area contributed by atoms with Gasteiger partial charge in [0.2, 0.25) is 5.91 Å². The topological polar surface area (TPSA) is 75.6 Å². The highest BCUT2D eigenvalue weighted by Crippen LogP contribution is 2.40. The molecule has 0 saturated carbocycles. The number of anilines is 1. The largest absolute Gasteiger partial charge is 0.311 e. The van der Waals surface area contributed by atoms with Crippen molar-refractivity contribution < 1.29 is 4.79 Å². The second-order valence-corrected chi connectivity index (χ2v) is 6.36. The molecule has 1 atom stereocenters. The predicted molar refractivity (Wildman–Crippen MR) is 91.7 cm³/mol. The molecule has 2 N–H and O–H groups in total. The Morgan fingerprint density at radius 3 is 2.71 bits per heavy atom. The lowest BCUT2D eigenvalue weighted by Crippen LogP contribution is -2.25. The number of carbonyl (C=O) groups is 1. The Kier molecular flexibility index (Phi) is 3.45. The van der Waals surface area contributed by atoms with E-state index in [1.165, 1.54) is 0 Å². The highest BCUT2D eigenvalue weighted by Gasteiger charge is 2.32. The minimum Gasteiger partial charge on any atom is -0.311 e. The lowest BCUT2D eigenvalue weighted by Gasteiger charge is -2.24. The van der Waals surface area contributed by atoms with Gasteiger partial charge in [0, 0.05) is 29.5 Å². The number of amides is 1. The van der Waals surface area contributed by atoms with Crippen LogP contribution in [0.3, 0.4) is 0 Å². The van der Waals surface area contributed by atoms with Crippen molar-refractivity contribution in [1.82, 2.24) is 20.0 Å². The quantitative estimate of drug-likeness (QED) is 0.777. The molecule has 1 aliphatic rings. The summed E-state index contributed by atoms with van der Waals surface area (Å²) in [5.74, 6) is 0.761. The molecule has 1 aromatic carbocycles. The van der Waals surface area contributed by atoms with Gasteiger partial charge in [-0.25, -0.2) is 4.68 Å². The number of carbonyl (C=O) groups excluding carboxylic acids is 1. The molecule has 122 valence electrons. The van der Waals surface area contributed by atoms with Crippen LogP contribution in [0.25, 0.3) is 11.3 Å². The third-order valence-electron chi connectivity index (χ3n) is 4.44. The Bertz CT molecular complexity index is 878. The van der Waals surface area contributed by atoms with Crippen molar-refractivity contribution in [2.24, 2.45) is 0 Å². The molecule has 24 heavy (non-hydrogen) atoms. The molecule has 0 aliphatic carbocycles. The van der Waals surface area contributed by atoms with Crippen molar-refractivity contribution >= 4 is 11.7 Å². The van der Waals surface area contributed by atoms with Crippen LogP contribution in [0.15, 0.2) is 42.7 Å². The van der Waals surface area contributed by atoms with Crippen LogP contribution in [-0.4, -0.2) is 25.9 Å². The minimum absolute atomic E-state index is 0.00936. The van der Waals surface area contributed by atoms with Crippen LogP contribution in [0, 0.1) is 0 Å². The summed E-state index contributed by atoms with van der Waals surface area (Å²) in [6.45, 7) is 4.10. The number of nitrogens with zero attached hydrogens (tertiary/aromatic N) is 3. The molecule has 0 bridgehead atoms. The standard InChI is InChI=1S/C18H19N5O/c1-11(2)23-18-15(10-20-23)13(8-16(24)21-18)14-9-19-22-17(14)12-6-4-3-5-7-12/h3-7,9-11,13H,8H2,1-2H3,(H,19,22)(H,21,24)/t13-/m0/s1. The van der Waals surface area contributed by atoms with Crippen molar-refractivity contribution in [2.45, 2.75) is 32.2 Å². The molecule has 3 heterocycles. The van der Waals surface area contributed by atoms with E-state index in [1.807, 2.05) is 47.4 Å². The molecule has 1 aliphatic heterocycles. The highest BCUT2D eigenvalue weighted by molar-refractivity contribution is 5.94. The van der Waals surface area contributed by atoms with Crippen LogP contribution in [0.5, 0.6) is 0 Å². The number of hydrogen-bond acceptors (Lipinski definition) is 3. The van der Waals surface area contributed by atoms with Gasteiger partial charge in [0.05, 0.1) is 18.1 Å². The van der Waals surface area contributed by atoms with Gasteiger partial charge in [-0.05, 0) is 19.4 Å². The normalized spacial score (nSPS) is 17.0. The lowest BCUT2D eigenvalue weighted by molar-refractivity contribution is -0.116. The number of fused-ring (bicyclic) bond motifs is 1. The van der Waals surface area contributed by atoms with Crippen molar-refractivity contribution in [3.05, 3.63) is 53.9 Å². The first-order valence-electron chi connectivity index (χ1n) is 8.11. The molecule has 6 nitrogen and oxygen atoms in total. The fourth-order valence-electron chi connectivity index (χ4n) is 3.30. The monoisotopic (exact) mass is 321 g/mol. The van der Waals surface area contributed by atoms with Crippen LogP contribution in [0.1, 0.15) is 43.4 Å². The second-order valence-electron chi connectivity index (χ2n) is 6.36. The summed E-state index contributed by atoms with van der Waals surface area (Å²) in [7, 11) is 0. The molecular formula is C18H19N5O. The molecule has 0 saturated heterocycles. The number of aromatic amines is 1. The van der Waals surface area contributed by atoms with E-state index in [1.54, 1.807) is 0 Å². The fraction of sp³-hybridized carbons (Fsp3) is 0.278. The van der Waals surface area contributed by atoms with Crippen molar-refractivity contribution in [3.8, 4) is 11.3 Å². The van der Waals surface area contributed by atoms with Gasteiger partial charge in [-0.1, -0.05) is 30.3 Å². The van der Waals surface area contributed by atoms with Crippen LogP contribution in [-0.2, 0) is 4.79 Å². The van der Waals surface area contributed by atoms with Crippen molar-refractivity contribution in [3.63, 3.8) is 0 Å². The number of benzene rings is 1. The maximum Gasteiger partial charge on any atom is 0.226 e. The fourth-order valence-corrected chi connectivity index (χ4v) is 3.30. The summed E-state index contributed by atoms with van der Waals surface area (Å²) >= 11 is 0. The average Bonchev–Trinajstić information content (AvgIpc) is 3.21. The summed E-state index contributed by atoms with van der Waals surface area (Å²) in [6.07, 6.45) is 4.08. The Hall–Kier alpha value is -2.89. The predicted octanol–water partition coefficient (Wildman–Crippen LogP) is 3.33. The molecule has 0 fully saturated rings. The first-order chi connectivity index (χ1) is 11.6. The maximum absolute atomic E-state index is 12.3. The van der Waals surface area contributed by atoms with E-state index in [-0.39, 0.29) is 17.9 Å². The number of hydrogen-bond donors (Lipinski definition) is 2. The minimum atomic E-state index is -0.0461. The first-order valence-corrected chi connectivity index (χ1v) is 8.11. The Labute approximate surface area is 139 Å². The number of rotatable bonds is 3. The smallest absolute Gasteiger partial charge is 0.226 e. The second kappa shape index (κ2) is 5.63. The van der Waals surface area contributed by atoms with Crippen molar-refractivity contribution in [1.29, 1.82) is 0 Å². The van der Waals surface area contributed by atoms with E-state index in [0.29, 0.717) is 6.42 Å². The summed E-state index contributed by atoms with van der Waals surface area (Å²) in [5.41, 5.74) is 4.09. The molecule has 4 rings (SSSR count). The molecule has 0 radical (unpaired) electrons. The first kappa shape index (κ1) is 14.7.